The molecule has 1 amide bonds. The first-order valence-corrected chi connectivity index (χ1v) is 6.52. The number of aryl methyl sites for hydroxylation is 1. The fourth-order valence-electron chi connectivity index (χ4n) is 2.01. The fraction of sp³-hybridized carbons (Fsp3) is 0.692. The average Bonchev–Trinajstić information content (AvgIpc) is 2.73. The van der Waals surface area contributed by atoms with Crippen LogP contribution in [0.4, 0.5) is 0 Å². The van der Waals surface area contributed by atoms with Crippen LogP contribution in [0.2, 0.25) is 0 Å². The number of H-pyrrole nitrogens is 1. The second-order valence-electron chi connectivity index (χ2n) is 4.67. The summed E-state index contributed by atoms with van der Waals surface area (Å²) in [6, 6.07) is 1.84. The number of aliphatic hydroxyl groups excluding tert-OH is 1. The molecule has 1 heterocycles. The van der Waals surface area contributed by atoms with Crippen LogP contribution in [-0.2, 0) is 11.2 Å². The molecule has 1 atom stereocenters. The Labute approximate surface area is 108 Å². The van der Waals surface area contributed by atoms with Crippen LogP contribution >= 0.6 is 0 Å². The van der Waals surface area contributed by atoms with E-state index in [9.17, 15) is 9.90 Å². The van der Waals surface area contributed by atoms with Crippen LogP contribution in [0.25, 0.3) is 0 Å². The lowest BCUT2D eigenvalue weighted by Crippen LogP contribution is -2.36. The summed E-state index contributed by atoms with van der Waals surface area (Å²) in [5, 5.41) is 19.4. The largest absolute Gasteiger partial charge is 0.391 e. The molecule has 1 unspecified atom stereocenters. The lowest BCUT2D eigenvalue weighted by molar-refractivity contribution is -0.121. The SMILES string of the molecule is CCC(CC)C(O)CNC(=O)Cc1cc(C)[nH]n1. The Morgan fingerprint density at radius 3 is 2.67 bits per heavy atom. The van der Waals surface area contributed by atoms with Gasteiger partial charge in [-0.1, -0.05) is 26.7 Å². The summed E-state index contributed by atoms with van der Waals surface area (Å²) in [5.41, 5.74) is 1.66. The fourth-order valence-corrected chi connectivity index (χ4v) is 2.01. The van der Waals surface area contributed by atoms with Gasteiger partial charge in [-0.15, -0.1) is 0 Å². The van der Waals surface area contributed by atoms with E-state index in [0.29, 0.717) is 6.54 Å². The first-order chi connectivity index (χ1) is 8.56. The highest BCUT2D eigenvalue weighted by Gasteiger charge is 2.16. The van der Waals surface area contributed by atoms with Gasteiger partial charge in [-0.25, -0.2) is 0 Å². The quantitative estimate of drug-likeness (QED) is 0.682. The maximum atomic E-state index is 11.6. The molecule has 1 aromatic heterocycles. The van der Waals surface area contributed by atoms with Gasteiger partial charge in [0.25, 0.3) is 0 Å². The molecule has 3 N–H and O–H groups in total. The van der Waals surface area contributed by atoms with Gasteiger partial charge in [0, 0.05) is 12.2 Å². The summed E-state index contributed by atoms with van der Waals surface area (Å²) in [7, 11) is 0. The third-order valence-electron chi connectivity index (χ3n) is 3.20. The molecule has 5 heteroatoms. The number of aromatic amines is 1. The Morgan fingerprint density at radius 2 is 2.17 bits per heavy atom. The Kier molecular flexibility index (Phi) is 5.85. The summed E-state index contributed by atoms with van der Waals surface area (Å²) in [6.45, 7) is 6.30. The third kappa shape index (κ3) is 4.49. The van der Waals surface area contributed by atoms with Crippen molar-refractivity contribution in [2.24, 2.45) is 5.92 Å². The van der Waals surface area contributed by atoms with Crippen molar-refractivity contribution in [3.8, 4) is 0 Å². The zero-order chi connectivity index (χ0) is 13.5. The maximum Gasteiger partial charge on any atom is 0.226 e. The van der Waals surface area contributed by atoms with Crippen LogP contribution in [-0.4, -0.2) is 33.9 Å². The summed E-state index contributed by atoms with van der Waals surface area (Å²) in [6.07, 6.45) is 1.63. The second-order valence-corrected chi connectivity index (χ2v) is 4.67. The number of nitrogens with one attached hydrogen (secondary N) is 2. The second kappa shape index (κ2) is 7.16. The van der Waals surface area contributed by atoms with E-state index in [1.165, 1.54) is 0 Å². The van der Waals surface area contributed by atoms with Gasteiger partial charge in [0.2, 0.25) is 5.91 Å². The van der Waals surface area contributed by atoms with Gasteiger partial charge in [0.1, 0.15) is 0 Å². The van der Waals surface area contributed by atoms with E-state index < -0.39 is 6.10 Å². The van der Waals surface area contributed by atoms with E-state index in [1.807, 2.05) is 26.8 Å². The normalized spacial score (nSPS) is 12.7. The molecule has 0 aliphatic heterocycles. The van der Waals surface area contributed by atoms with Crippen molar-refractivity contribution >= 4 is 5.91 Å². The maximum absolute atomic E-state index is 11.6. The van der Waals surface area contributed by atoms with E-state index in [2.05, 4.69) is 15.5 Å². The van der Waals surface area contributed by atoms with Gasteiger partial charge in [0.05, 0.1) is 18.2 Å². The van der Waals surface area contributed by atoms with Crippen molar-refractivity contribution in [2.45, 2.75) is 46.1 Å². The standard InChI is InChI=1S/C13H23N3O2/c1-4-10(5-2)12(17)8-14-13(18)7-11-6-9(3)15-16-11/h6,10,12,17H,4-5,7-8H2,1-3H3,(H,14,18)(H,15,16). The molecular weight excluding hydrogens is 230 g/mol. The molecule has 0 aromatic carbocycles. The highest BCUT2D eigenvalue weighted by atomic mass is 16.3. The van der Waals surface area contributed by atoms with Crippen molar-refractivity contribution in [1.29, 1.82) is 0 Å². The van der Waals surface area contributed by atoms with Crippen LogP contribution in [0.5, 0.6) is 0 Å². The van der Waals surface area contributed by atoms with Crippen LogP contribution in [0.3, 0.4) is 0 Å². The molecule has 5 nitrogen and oxygen atoms in total. The number of nitrogens with zero attached hydrogens (tertiary/aromatic N) is 1. The van der Waals surface area contributed by atoms with Crippen molar-refractivity contribution < 1.29 is 9.90 Å². The average molecular weight is 253 g/mol. The van der Waals surface area contributed by atoms with E-state index in [-0.39, 0.29) is 18.2 Å². The predicted octanol–water partition coefficient (Wildman–Crippen LogP) is 1.17. The molecule has 0 bridgehead atoms. The highest BCUT2D eigenvalue weighted by molar-refractivity contribution is 5.78. The Hall–Kier alpha value is -1.36. The van der Waals surface area contributed by atoms with Crippen molar-refractivity contribution in [3.63, 3.8) is 0 Å². The summed E-state index contributed by atoms with van der Waals surface area (Å²) in [5.74, 6) is 0.143. The molecule has 1 aromatic rings. The number of aliphatic hydroxyl groups is 1. The topological polar surface area (TPSA) is 78.0 Å². The molecule has 1 rings (SSSR count). The lowest BCUT2D eigenvalue weighted by Gasteiger charge is -2.20. The van der Waals surface area contributed by atoms with Crippen molar-refractivity contribution in [1.82, 2.24) is 15.5 Å². The Bertz CT molecular complexity index is 372. The molecule has 18 heavy (non-hydrogen) atoms. The third-order valence-corrected chi connectivity index (χ3v) is 3.20. The van der Waals surface area contributed by atoms with Gasteiger partial charge >= 0.3 is 0 Å². The van der Waals surface area contributed by atoms with E-state index in [0.717, 1.165) is 24.2 Å². The summed E-state index contributed by atoms with van der Waals surface area (Å²) < 4.78 is 0. The predicted molar refractivity (Wildman–Crippen MR) is 70.1 cm³/mol. The molecule has 0 radical (unpaired) electrons. The minimum absolute atomic E-state index is 0.105. The molecule has 0 fully saturated rings. The van der Waals surface area contributed by atoms with Gasteiger partial charge in [-0.2, -0.15) is 5.10 Å². The smallest absolute Gasteiger partial charge is 0.226 e. The minimum Gasteiger partial charge on any atom is -0.391 e. The molecular formula is C13H23N3O2. The molecule has 0 saturated carbocycles. The number of hydrogen-bond donors (Lipinski definition) is 3. The van der Waals surface area contributed by atoms with Crippen LogP contribution in [0.15, 0.2) is 6.07 Å². The number of aromatic nitrogens is 2. The van der Waals surface area contributed by atoms with Crippen molar-refractivity contribution in [2.75, 3.05) is 6.54 Å². The zero-order valence-corrected chi connectivity index (χ0v) is 11.4. The van der Waals surface area contributed by atoms with Crippen LogP contribution in [0.1, 0.15) is 38.1 Å². The van der Waals surface area contributed by atoms with E-state index in [4.69, 9.17) is 0 Å². The minimum atomic E-state index is -0.468. The lowest BCUT2D eigenvalue weighted by atomic mass is 9.96. The molecule has 102 valence electrons. The van der Waals surface area contributed by atoms with Crippen LogP contribution in [0, 0.1) is 12.8 Å². The number of carbonyl (C=O) groups is 1. The van der Waals surface area contributed by atoms with Crippen LogP contribution < -0.4 is 5.32 Å². The molecule has 0 spiro atoms. The molecule has 0 aliphatic carbocycles. The first-order valence-electron chi connectivity index (χ1n) is 6.52. The van der Waals surface area contributed by atoms with Gasteiger partial charge in [0.15, 0.2) is 0 Å². The highest BCUT2D eigenvalue weighted by Crippen LogP contribution is 2.12. The molecule has 0 saturated heterocycles. The van der Waals surface area contributed by atoms with Crippen molar-refractivity contribution in [3.05, 3.63) is 17.5 Å². The van der Waals surface area contributed by atoms with E-state index >= 15 is 0 Å². The first kappa shape index (κ1) is 14.7. The number of amides is 1. The number of hydrogen-bond acceptors (Lipinski definition) is 3. The summed E-state index contributed by atoms with van der Waals surface area (Å²) >= 11 is 0. The molecule has 0 aliphatic rings. The number of carbonyl (C=O) groups excluding carboxylic acids is 1. The van der Waals surface area contributed by atoms with Gasteiger partial charge < -0.3 is 10.4 Å². The monoisotopic (exact) mass is 253 g/mol. The van der Waals surface area contributed by atoms with Gasteiger partial charge in [-0.05, 0) is 18.9 Å². The summed E-state index contributed by atoms with van der Waals surface area (Å²) in [4.78, 5) is 11.6. The zero-order valence-electron chi connectivity index (χ0n) is 11.4. The van der Waals surface area contributed by atoms with E-state index in [1.54, 1.807) is 0 Å². The Morgan fingerprint density at radius 1 is 1.50 bits per heavy atom. The Balaban J connectivity index is 2.32. The number of rotatable bonds is 7. The van der Waals surface area contributed by atoms with Gasteiger partial charge in [-0.3, -0.25) is 9.89 Å².